The molecule has 1 N–H and O–H groups in total. The molecule has 1 heterocycles. The molecule has 0 spiro atoms. The summed E-state index contributed by atoms with van der Waals surface area (Å²) in [5.74, 6) is 0. The van der Waals surface area contributed by atoms with Crippen molar-refractivity contribution in [1.29, 1.82) is 0 Å². The first-order chi connectivity index (χ1) is 8.83. The number of ether oxygens (including phenoxy) is 2. The van der Waals surface area contributed by atoms with E-state index in [2.05, 4.69) is 9.88 Å². The van der Waals surface area contributed by atoms with Gasteiger partial charge in [-0.3, -0.25) is 4.98 Å². The minimum Gasteiger partial charge on any atom is -0.392 e. The van der Waals surface area contributed by atoms with Crippen LogP contribution in [0.3, 0.4) is 0 Å². The second-order valence-corrected chi connectivity index (χ2v) is 3.99. The first-order valence-corrected chi connectivity index (χ1v) is 6.10. The fourth-order valence-electron chi connectivity index (χ4n) is 1.79. The predicted octanol–water partition coefficient (Wildman–Crippen LogP) is 1.06. The number of aliphatic hydroxyl groups excluding tert-OH is 1. The number of hydrogen-bond donors (Lipinski definition) is 1. The van der Waals surface area contributed by atoms with Crippen LogP contribution in [-0.2, 0) is 16.1 Å². The SMILES string of the molecule is COCCCN(CCOC)c1cnccc1CO. The molecule has 0 saturated heterocycles. The van der Waals surface area contributed by atoms with E-state index in [0.29, 0.717) is 6.61 Å². The molecule has 0 amide bonds. The van der Waals surface area contributed by atoms with Crippen LogP contribution in [0, 0.1) is 0 Å². The molecule has 5 nitrogen and oxygen atoms in total. The Balaban J connectivity index is 2.72. The van der Waals surface area contributed by atoms with Crippen LogP contribution in [0.15, 0.2) is 18.5 Å². The van der Waals surface area contributed by atoms with Crippen molar-refractivity contribution in [3.8, 4) is 0 Å². The van der Waals surface area contributed by atoms with Gasteiger partial charge < -0.3 is 19.5 Å². The van der Waals surface area contributed by atoms with Crippen LogP contribution in [0.25, 0.3) is 0 Å². The van der Waals surface area contributed by atoms with E-state index in [1.807, 2.05) is 6.07 Å². The zero-order chi connectivity index (χ0) is 13.2. The van der Waals surface area contributed by atoms with Gasteiger partial charge in [0.25, 0.3) is 0 Å². The zero-order valence-corrected chi connectivity index (χ0v) is 11.1. The number of aromatic nitrogens is 1. The third-order valence-electron chi connectivity index (χ3n) is 2.74. The lowest BCUT2D eigenvalue weighted by atomic mass is 10.2. The highest BCUT2D eigenvalue weighted by molar-refractivity contribution is 5.51. The minimum absolute atomic E-state index is 0.0195. The zero-order valence-electron chi connectivity index (χ0n) is 11.1. The predicted molar refractivity (Wildman–Crippen MR) is 70.7 cm³/mol. The van der Waals surface area contributed by atoms with Crippen LogP contribution < -0.4 is 4.90 Å². The lowest BCUT2D eigenvalue weighted by molar-refractivity contribution is 0.191. The van der Waals surface area contributed by atoms with Gasteiger partial charge in [-0.15, -0.1) is 0 Å². The lowest BCUT2D eigenvalue weighted by Crippen LogP contribution is -2.30. The van der Waals surface area contributed by atoms with Crippen LogP contribution >= 0.6 is 0 Å². The molecule has 0 atom stereocenters. The Morgan fingerprint density at radius 1 is 1.22 bits per heavy atom. The number of nitrogens with zero attached hydrogens (tertiary/aromatic N) is 2. The van der Waals surface area contributed by atoms with Crippen molar-refractivity contribution >= 4 is 5.69 Å². The number of anilines is 1. The van der Waals surface area contributed by atoms with Crippen LogP contribution in [0.4, 0.5) is 5.69 Å². The van der Waals surface area contributed by atoms with Crippen molar-refractivity contribution in [3.63, 3.8) is 0 Å². The summed E-state index contributed by atoms with van der Waals surface area (Å²) < 4.78 is 10.2. The average Bonchev–Trinajstić information content (AvgIpc) is 2.42. The first-order valence-electron chi connectivity index (χ1n) is 6.10. The molecule has 0 fully saturated rings. The van der Waals surface area contributed by atoms with Crippen molar-refractivity contribution in [3.05, 3.63) is 24.0 Å². The van der Waals surface area contributed by atoms with E-state index in [1.54, 1.807) is 26.6 Å². The number of aliphatic hydroxyl groups is 1. The van der Waals surface area contributed by atoms with E-state index in [-0.39, 0.29) is 6.61 Å². The topological polar surface area (TPSA) is 54.8 Å². The number of methoxy groups -OCH3 is 2. The fraction of sp³-hybridized carbons (Fsp3) is 0.615. The first kappa shape index (κ1) is 14.9. The standard InChI is InChI=1S/C13H22N2O3/c1-17-8-3-6-15(7-9-18-2)13-10-14-5-4-12(13)11-16/h4-5,10,16H,3,6-9,11H2,1-2H3. The van der Waals surface area contributed by atoms with E-state index >= 15 is 0 Å². The summed E-state index contributed by atoms with van der Waals surface area (Å²) >= 11 is 0. The van der Waals surface area contributed by atoms with Crippen LogP contribution in [0.1, 0.15) is 12.0 Å². The molecule has 0 aliphatic rings. The summed E-state index contributed by atoms with van der Waals surface area (Å²) in [6.45, 7) is 3.02. The maximum atomic E-state index is 9.35. The van der Waals surface area contributed by atoms with Gasteiger partial charge in [-0.25, -0.2) is 0 Å². The Labute approximate surface area is 108 Å². The lowest BCUT2D eigenvalue weighted by Gasteiger charge is -2.26. The molecule has 5 heteroatoms. The van der Waals surface area contributed by atoms with Crippen molar-refractivity contribution in [2.45, 2.75) is 13.0 Å². The van der Waals surface area contributed by atoms with Crippen molar-refractivity contribution in [2.24, 2.45) is 0 Å². The van der Waals surface area contributed by atoms with Crippen molar-refractivity contribution in [2.75, 3.05) is 45.4 Å². The molecule has 0 radical (unpaired) electrons. The summed E-state index contributed by atoms with van der Waals surface area (Å²) in [4.78, 5) is 6.29. The Bertz CT molecular complexity index is 334. The molecule has 1 aromatic heterocycles. The largest absolute Gasteiger partial charge is 0.392 e. The quantitative estimate of drug-likeness (QED) is 0.668. The molecule has 0 unspecified atom stereocenters. The Morgan fingerprint density at radius 3 is 2.67 bits per heavy atom. The number of hydrogen-bond acceptors (Lipinski definition) is 5. The van der Waals surface area contributed by atoms with Gasteiger partial charge in [-0.1, -0.05) is 0 Å². The molecule has 0 aliphatic carbocycles. The van der Waals surface area contributed by atoms with Gasteiger partial charge in [0.2, 0.25) is 0 Å². The van der Waals surface area contributed by atoms with E-state index in [9.17, 15) is 5.11 Å². The number of rotatable bonds is 9. The normalized spacial score (nSPS) is 10.6. The summed E-state index contributed by atoms with van der Waals surface area (Å²) in [6, 6.07) is 1.84. The highest BCUT2D eigenvalue weighted by Crippen LogP contribution is 2.19. The molecule has 1 rings (SSSR count). The van der Waals surface area contributed by atoms with Crippen molar-refractivity contribution in [1.82, 2.24) is 4.98 Å². The molecule has 0 aliphatic heterocycles. The fourth-order valence-corrected chi connectivity index (χ4v) is 1.79. The van der Waals surface area contributed by atoms with Gasteiger partial charge in [0.05, 0.1) is 25.1 Å². The average molecular weight is 254 g/mol. The van der Waals surface area contributed by atoms with E-state index in [1.165, 1.54) is 0 Å². The number of pyridine rings is 1. The summed E-state index contributed by atoms with van der Waals surface area (Å²) in [5.41, 5.74) is 1.85. The van der Waals surface area contributed by atoms with Gasteiger partial charge in [0.1, 0.15) is 0 Å². The summed E-state index contributed by atoms with van der Waals surface area (Å²) in [6.07, 6.45) is 4.41. The molecule has 102 valence electrons. The van der Waals surface area contributed by atoms with Crippen LogP contribution in [-0.4, -0.2) is 50.6 Å². The summed E-state index contributed by atoms with van der Waals surface area (Å²) in [5, 5.41) is 9.35. The maximum absolute atomic E-state index is 9.35. The molecule has 1 aromatic rings. The summed E-state index contributed by atoms with van der Waals surface area (Å²) in [7, 11) is 3.38. The van der Waals surface area contributed by atoms with Crippen molar-refractivity contribution < 1.29 is 14.6 Å². The van der Waals surface area contributed by atoms with Gasteiger partial charge in [0.15, 0.2) is 0 Å². The highest BCUT2D eigenvalue weighted by atomic mass is 16.5. The van der Waals surface area contributed by atoms with Crippen LogP contribution in [0.5, 0.6) is 0 Å². The molecule has 0 saturated carbocycles. The minimum atomic E-state index is 0.0195. The second kappa shape index (κ2) is 8.85. The van der Waals surface area contributed by atoms with Gasteiger partial charge in [-0.2, -0.15) is 0 Å². The van der Waals surface area contributed by atoms with Gasteiger partial charge >= 0.3 is 0 Å². The molecular weight excluding hydrogens is 232 g/mol. The van der Waals surface area contributed by atoms with Crippen LogP contribution in [0.2, 0.25) is 0 Å². The third-order valence-corrected chi connectivity index (χ3v) is 2.74. The third kappa shape index (κ3) is 4.60. The van der Waals surface area contributed by atoms with Gasteiger partial charge in [0, 0.05) is 45.7 Å². The van der Waals surface area contributed by atoms with E-state index in [4.69, 9.17) is 9.47 Å². The van der Waals surface area contributed by atoms with E-state index < -0.39 is 0 Å². The Hall–Kier alpha value is -1.17. The molecule has 0 aromatic carbocycles. The highest BCUT2D eigenvalue weighted by Gasteiger charge is 2.10. The smallest absolute Gasteiger partial charge is 0.0703 e. The maximum Gasteiger partial charge on any atom is 0.0703 e. The molecular formula is C13H22N2O3. The van der Waals surface area contributed by atoms with Gasteiger partial charge in [-0.05, 0) is 12.5 Å². The van der Waals surface area contributed by atoms with E-state index in [0.717, 1.165) is 37.4 Å². The Morgan fingerprint density at radius 2 is 2.00 bits per heavy atom. The Kier molecular flexibility index (Phi) is 7.32. The molecule has 18 heavy (non-hydrogen) atoms. The molecule has 0 bridgehead atoms. The second-order valence-electron chi connectivity index (χ2n) is 3.99. The monoisotopic (exact) mass is 254 g/mol.